The number of para-hydroxylation sites is 2. The highest BCUT2D eigenvalue weighted by atomic mass is 16.6. The van der Waals surface area contributed by atoms with Gasteiger partial charge < -0.3 is 24.7 Å². The number of esters is 1. The molecule has 35 heavy (non-hydrogen) atoms. The van der Waals surface area contributed by atoms with Gasteiger partial charge in [-0.05, 0) is 23.8 Å². The third-order valence-electron chi connectivity index (χ3n) is 5.27. The van der Waals surface area contributed by atoms with Gasteiger partial charge in [-0.15, -0.1) is 0 Å². The first-order chi connectivity index (χ1) is 16.9. The largest absolute Gasteiger partial charge is 0.493 e. The first-order valence-corrected chi connectivity index (χ1v) is 10.3. The molecule has 1 heterocycles. The highest BCUT2D eigenvalue weighted by Gasteiger charge is 2.31. The zero-order chi connectivity index (χ0) is 24.9. The van der Waals surface area contributed by atoms with Gasteiger partial charge in [-0.25, -0.2) is 4.79 Å². The molecule has 0 spiro atoms. The van der Waals surface area contributed by atoms with Crippen molar-refractivity contribution in [2.24, 2.45) is 5.73 Å². The van der Waals surface area contributed by atoms with Gasteiger partial charge in [0.15, 0.2) is 18.1 Å². The Morgan fingerprint density at radius 1 is 1.14 bits per heavy atom. The lowest BCUT2D eigenvalue weighted by Gasteiger charge is -2.26. The Morgan fingerprint density at radius 2 is 1.86 bits per heavy atom. The van der Waals surface area contributed by atoms with Crippen LogP contribution in [0.4, 0.5) is 5.69 Å². The van der Waals surface area contributed by atoms with E-state index in [1.54, 1.807) is 48.5 Å². The van der Waals surface area contributed by atoms with Crippen LogP contribution in [0.25, 0.3) is 0 Å². The predicted octanol–water partition coefficient (Wildman–Crippen LogP) is 3.81. The quantitative estimate of drug-likeness (QED) is 0.234. The molecule has 0 bridgehead atoms. The molecule has 0 saturated heterocycles. The molecule has 0 saturated carbocycles. The Morgan fingerprint density at radius 3 is 2.51 bits per heavy atom. The summed E-state index contributed by atoms with van der Waals surface area (Å²) in [7, 11) is 1.50. The van der Waals surface area contributed by atoms with Gasteiger partial charge in [0, 0.05) is 23.8 Å². The third kappa shape index (κ3) is 4.84. The summed E-state index contributed by atoms with van der Waals surface area (Å²) in [6.07, 6.45) is 0. The number of ether oxygens (including phenoxy) is 4. The number of rotatable bonds is 7. The summed E-state index contributed by atoms with van der Waals surface area (Å²) in [6.45, 7) is -0.357. The van der Waals surface area contributed by atoms with Gasteiger partial charge in [-0.1, -0.05) is 30.3 Å². The first kappa shape index (κ1) is 23.1. The maximum absolute atomic E-state index is 12.3. The number of nitrogens with two attached hydrogens (primary N) is 1. The van der Waals surface area contributed by atoms with Crippen LogP contribution in [0.1, 0.15) is 17.0 Å². The molecule has 3 aromatic carbocycles. The zero-order valence-electron chi connectivity index (χ0n) is 18.5. The van der Waals surface area contributed by atoms with E-state index in [-0.39, 0.29) is 29.5 Å². The summed E-state index contributed by atoms with van der Waals surface area (Å²) in [6, 6.07) is 19.5. The number of hydrogen-bond donors (Lipinski definition) is 1. The summed E-state index contributed by atoms with van der Waals surface area (Å²) < 4.78 is 21.6. The molecular formula is C25H19N3O7. The minimum atomic E-state index is -0.653. The van der Waals surface area contributed by atoms with Crippen LogP contribution < -0.4 is 24.7 Å². The number of nitriles is 1. The third-order valence-corrected chi connectivity index (χ3v) is 5.27. The van der Waals surface area contributed by atoms with E-state index < -0.39 is 16.8 Å². The van der Waals surface area contributed by atoms with Gasteiger partial charge >= 0.3 is 5.97 Å². The van der Waals surface area contributed by atoms with Crippen LogP contribution >= 0.6 is 0 Å². The van der Waals surface area contributed by atoms with E-state index in [1.165, 1.54) is 25.3 Å². The van der Waals surface area contributed by atoms with E-state index >= 15 is 0 Å². The Bertz CT molecular complexity index is 1360. The number of carbonyl (C=O) groups excluding carboxylic acids is 1. The maximum Gasteiger partial charge on any atom is 0.349 e. The number of nitro benzene ring substituents is 1. The second kappa shape index (κ2) is 9.84. The minimum absolute atomic E-state index is 0.0749. The highest BCUT2D eigenvalue weighted by molar-refractivity contribution is 5.74. The van der Waals surface area contributed by atoms with Crippen molar-refractivity contribution in [3.05, 3.63) is 99.4 Å². The van der Waals surface area contributed by atoms with Crippen molar-refractivity contribution in [1.29, 1.82) is 5.26 Å². The number of allylic oxidation sites excluding steroid dienone is 1. The number of nitro groups is 1. The number of methoxy groups -OCH3 is 1. The van der Waals surface area contributed by atoms with Crippen molar-refractivity contribution < 1.29 is 28.7 Å². The molecule has 3 aromatic rings. The summed E-state index contributed by atoms with van der Waals surface area (Å²) in [5.74, 6) is -0.00732. The second-order valence-electron chi connectivity index (χ2n) is 7.39. The fourth-order valence-electron chi connectivity index (χ4n) is 3.67. The lowest BCUT2D eigenvalue weighted by Crippen LogP contribution is -2.21. The van der Waals surface area contributed by atoms with Crippen LogP contribution in [0.3, 0.4) is 0 Å². The van der Waals surface area contributed by atoms with E-state index in [9.17, 15) is 20.2 Å². The van der Waals surface area contributed by atoms with E-state index in [2.05, 4.69) is 6.07 Å². The Hall–Kier alpha value is -5.04. The number of fused-ring (bicyclic) bond motifs is 1. The van der Waals surface area contributed by atoms with Gasteiger partial charge in [0.25, 0.3) is 5.69 Å². The zero-order valence-corrected chi connectivity index (χ0v) is 18.5. The van der Waals surface area contributed by atoms with E-state index in [1.807, 2.05) is 0 Å². The molecule has 0 aromatic heterocycles. The molecule has 0 radical (unpaired) electrons. The van der Waals surface area contributed by atoms with Crippen molar-refractivity contribution in [1.82, 2.24) is 0 Å². The van der Waals surface area contributed by atoms with Crippen LogP contribution in [0.5, 0.6) is 23.0 Å². The monoisotopic (exact) mass is 473 g/mol. The highest BCUT2D eigenvalue weighted by Crippen LogP contribution is 2.43. The predicted molar refractivity (Wildman–Crippen MR) is 123 cm³/mol. The van der Waals surface area contributed by atoms with Crippen molar-refractivity contribution >= 4 is 11.7 Å². The van der Waals surface area contributed by atoms with Crippen LogP contribution in [0, 0.1) is 21.4 Å². The second-order valence-corrected chi connectivity index (χ2v) is 7.39. The lowest BCUT2D eigenvalue weighted by molar-refractivity contribution is -0.384. The average molecular weight is 473 g/mol. The number of non-ortho nitro benzene ring substituents is 1. The van der Waals surface area contributed by atoms with Crippen molar-refractivity contribution in [2.75, 3.05) is 13.7 Å². The van der Waals surface area contributed by atoms with Gasteiger partial charge in [0.05, 0.1) is 18.0 Å². The molecule has 1 aliphatic rings. The fourth-order valence-corrected chi connectivity index (χ4v) is 3.67. The normalized spacial score (nSPS) is 14.2. The molecule has 10 nitrogen and oxygen atoms in total. The smallest absolute Gasteiger partial charge is 0.349 e. The van der Waals surface area contributed by atoms with Gasteiger partial charge in [0.2, 0.25) is 5.88 Å². The molecule has 1 unspecified atom stereocenters. The average Bonchev–Trinajstić information content (AvgIpc) is 2.86. The number of hydrogen-bond acceptors (Lipinski definition) is 9. The molecule has 0 amide bonds. The van der Waals surface area contributed by atoms with Crippen molar-refractivity contribution in [3.63, 3.8) is 0 Å². The van der Waals surface area contributed by atoms with Crippen LogP contribution in [0.2, 0.25) is 0 Å². The van der Waals surface area contributed by atoms with Crippen molar-refractivity contribution in [2.45, 2.75) is 5.92 Å². The van der Waals surface area contributed by atoms with E-state index in [4.69, 9.17) is 24.7 Å². The molecule has 0 aliphatic carbocycles. The lowest BCUT2D eigenvalue weighted by atomic mass is 9.83. The standard InChI is InChI=1S/C25H19N3O7/c1-32-20-4-2-3-5-21(20)33-14-23(29)34-17-10-11-18-22(12-17)35-25(27)19(13-26)24(18)15-6-8-16(9-7-15)28(30)31/h2-12,24H,14,27H2,1H3. The van der Waals surface area contributed by atoms with E-state index in [0.29, 0.717) is 28.4 Å². The molecule has 10 heteroatoms. The summed E-state index contributed by atoms with van der Waals surface area (Å²) >= 11 is 0. The van der Waals surface area contributed by atoms with Crippen LogP contribution in [-0.2, 0) is 4.79 Å². The molecule has 4 rings (SSSR count). The van der Waals surface area contributed by atoms with E-state index in [0.717, 1.165) is 0 Å². The summed E-state index contributed by atoms with van der Waals surface area (Å²) in [5, 5.41) is 20.6. The molecule has 176 valence electrons. The Labute approximate surface area is 199 Å². The minimum Gasteiger partial charge on any atom is -0.493 e. The fraction of sp³-hybridized carbons (Fsp3) is 0.120. The van der Waals surface area contributed by atoms with Crippen LogP contribution in [-0.4, -0.2) is 24.6 Å². The first-order valence-electron chi connectivity index (χ1n) is 10.3. The molecule has 0 fully saturated rings. The Kier molecular flexibility index (Phi) is 6.50. The summed E-state index contributed by atoms with van der Waals surface area (Å²) in [5.41, 5.74) is 7.29. The maximum atomic E-state index is 12.3. The van der Waals surface area contributed by atoms with Gasteiger partial charge in [-0.2, -0.15) is 5.26 Å². The molecule has 1 aliphatic heterocycles. The number of benzene rings is 3. The van der Waals surface area contributed by atoms with Gasteiger partial charge in [-0.3, -0.25) is 10.1 Å². The van der Waals surface area contributed by atoms with Crippen LogP contribution in [0.15, 0.2) is 78.2 Å². The molecular weight excluding hydrogens is 454 g/mol. The SMILES string of the molecule is COc1ccccc1OCC(=O)Oc1ccc2c(c1)OC(N)=C(C#N)C2c1ccc([N+](=O)[O-])cc1. The number of carbonyl (C=O) groups is 1. The topological polar surface area (TPSA) is 147 Å². The molecule has 1 atom stereocenters. The molecule has 2 N–H and O–H groups in total. The summed E-state index contributed by atoms with van der Waals surface area (Å²) in [4.78, 5) is 22.8. The Balaban J connectivity index is 1.55. The number of nitrogens with zero attached hydrogens (tertiary/aromatic N) is 2. The van der Waals surface area contributed by atoms with Gasteiger partial charge in [0.1, 0.15) is 23.1 Å². The van der Waals surface area contributed by atoms with Crippen molar-refractivity contribution in [3.8, 4) is 29.1 Å².